The lowest BCUT2D eigenvalue weighted by Crippen LogP contribution is -2.56. The lowest BCUT2D eigenvalue weighted by molar-refractivity contribution is -0.262. The molecule has 0 atom stereocenters. The normalized spacial score (nSPS) is 11.9. The van der Waals surface area contributed by atoms with E-state index in [2.05, 4.69) is 4.72 Å². The van der Waals surface area contributed by atoms with Gasteiger partial charge in [0.1, 0.15) is 0 Å². The molecule has 100 valence electrons. The number of para-hydroxylation sites is 1. The van der Waals surface area contributed by atoms with Crippen molar-refractivity contribution in [2.75, 3.05) is 4.72 Å². The first-order valence-corrected chi connectivity index (χ1v) is 6.68. The Morgan fingerprint density at radius 1 is 1.22 bits per heavy atom. The highest BCUT2D eigenvalue weighted by Gasteiger charge is 2.32. The molecule has 1 aromatic rings. The van der Waals surface area contributed by atoms with Gasteiger partial charge in [0.15, 0.2) is 6.09 Å². The molecule has 0 aliphatic carbocycles. The van der Waals surface area contributed by atoms with E-state index in [1.165, 1.54) is 32.9 Å². The van der Waals surface area contributed by atoms with Crippen LogP contribution in [-0.4, -0.2) is 24.4 Å². The Kier molecular flexibility index (Phi) is 3.85. The van der Waals surface area contributed by atoms with Gasteiger partial charge in [0.05, 0.1) is 11.2 Å². The molecule has 0 unspecified atom stereocenters. The summed E-state index contributed by atoms with van der Waals surface area (Å²) in [7, 11) is -4.21. The molecule has 0 saturated heterocycles. The molecule has 1 N–H and O–H groups in total. The van der Waals surface area contributed by atoms with Gasteiger partial charge in [-0.2, -0.15) is 8.42 Å². The monoisotopic (exact) mass is 271 g/mol. The summed E-state index contributed by atoms with van der Waals surface area (Å²) in [5.74, 6) is 0. The van der Waals surface area contributed by atoms with Crippen LogP contribution in [0.25, 0.3) is 0 Å². The zero-order valence-electron chi connectivity index (χ0n) is 10.4. The molecule has 6 nitrogen and oxygen atoms in total. The molecule has 0 fully saturated rings. The zero-order valence-corrected chi connectivity index (χ0v) is 11.2. The molecule has 7 heteroatoms. The van der Waals surface area contributed by atoms with Gasteiger partial charge in [-0.15, -0.1) is 0 Å². The largest absolute Gasteiger partial charge is 0.529 e. The summed E-state index contributed by atoms with van der Waals surface area (Å²) in [5.41, 5.74) is -0.840. The lowest BCUT2D eigenvalue weighted by Gasteiger charge is -2.36. The van der Waals surface area contributed by atoms with Gasteiger partial charge < -0.3 is 9.90 Å². The topological polar surface area (TPSA) is 89.5 Å². The summed E-state index contributed by atoms with van der Waals surface area (Å²) in [5, 5.41) is 11.0. The van der Waals surface area contributed by atoms with Gasteiger partial charge in [-0.25, -0.2) is 4.31 Å². The first-order valence-electron chi connectivity index (χ1n) is 5.24. The van der Waals surface area contributed by atoms with Crippen molar-refractivity contribution in [1.82, 2.24) is 4.31 Å². The highest BCUT2D eigenvalue weighted by molar-refractivity contribution is 7.91. The maximum absolute atomic E-state index is 12.0. The van der Waals surface area contributed by atoms with E-state index in [1.54, 1.807) is 18.2 Å². The SMILES string of the molecule is CC(C)(C)N(C(=O)[O-])S(=O)(=O)Nc1ccccc1. The Bertz CT molecular complexity index is 520. The predicted octanol–water partition coefficient (Wildman–Crippen LogP) is 0.787. The molecule has 0 aliphatic heterocycles. The van der Waals surface area contributed by atoms with Gasteiger partial charge in [0.25, 0.3) is 0 Å². The van der Waals surface area contributed by atoms with Gasteiger partial charge in [-0.3, -0.25) is 4.72 Å². The average molecular weight is 271 g/mol. The number of carbonyl (C=O) groups excluding carboxylic acids is 1. The van der Waals surface area contributed by atoms with E-state index in [4.69, 9.17) is 0 Å². The molecule has 0 radical (unpaired) electrons. The minimum absolute atomic E-state index is 0.285. The van der Waals surface area contributed by atoms with Crippen LogP contribution in [-0.2, 0) is 10.2 Å². The minimum atomic E-state index is -4.21. The van der Waals surface area contributed by atoms with Crippen LogP contribution in [0.15, 0.2) is 30.3 Å². The number of hydrogen-bond donors (Lipinski definition) is 1. The van der Waals surface area contributed by atoms with Crippen molar-refractivity contribution in [3.05, 3.63) is 30.3 Å². The van der Waals surface area contributed by atoms with E-state index < -0.39 is 21.8 Å². The Hall–Kier alpha value is -1.76. The number of hydrogen-bond acceptors (Lipinski definition) is 4. The number of amides is 1. The number of benzene rings is 1. The molecule has 1 aromatic carbocycles. The third kappa shape index (κ3) is 3.36. The van der Waals surface area contributed by atoms with Crippen LogP contribution >= 0.6 is 0 Å². The van der Waals surface area contributed by atoms with Crippen LogP contribution in [0.4, 0.5) is 10.5 Å². The summed E-state index contributed by atoms with van der Waals surface area (Å²) in [6.07, 6.45) is -1.77. The van der Waals surface area contributed by atoms with Crippen LogP contribution < -0.4 is 9.83 Å². The third-order valence-electron chi connectivity index (χ3n) is 2.04. The molecule has 0 bridgehead atoms. The summed E-state index contributed by atoms with van der Waals surface area (Å²) >= 11 is 0. The van der Waals surface area contributed by atoms with Crippen molar-refractivity contribution in [2.24, 2.45) is 0 Å². The smallest absolute Gasteiger partial charge is 0.325 e. The van der Waals surface area contributed by atoms with Gasteiger partial charge in [-0.1, -0.05) is 18.2 Å². The number of nitrogens with zero attached hydrogens (tertiary/aromatic N) is 1. The van der Waals surface area contributed by atoms with Crippen molar-refractivity contribution in [3.63, 3.8) is 0 Å². The highest BCUT2D eigenvalue weighted by atomic mass is 32.2. The number of rotatable bonds is 3. The van der Waals surface area contributed by atoms with Crippen LogP contribution in [0.1, 0.15) is 20.8 Å². The van der Waals surface area contributed by atoms with Crippen LogP contribution in [0.3, 0.4) is 0 Å². The van der Waals surface area contributed by atoms with Crippen LogP contribution in [0.2, 0.25) is 0 Å². The number of anilines is 1. The molecule has 1 amide bonds. The van der Waals surface area contributed by atoms with E-state index in [0.717, 1.165) is 0 Å². The van der Waals surface area contributed by atoms with E-state index in [0.29, 0.717) is 0 Å². The summed E-state index contributed by atoms with van der Waals surface area (Å²) in [6.45, 7) is 4.40. The van der Waals surface area contributed by atoms with Crippen molar-refractivity contribution in [1.29, 1.82) is 0 Å². The molecule has 1 rings (SSSR count). The summed E-state index contributed by atoms with van der Waals surface area (Å²) in [4.78, 5) is 11.0. The van der Waals surface area contributed by atoms with Gasteiger partial charge in [0, 0.05) is 0 Å². The van der Waals surface area contributed by atoms with Gasteiger partial charge >= 0.3 is 10.2 Å². The summed E-state index contributed by atoms with van der Waals surface area (Å²) < 4.78 is 26.4. The van der Waals surface area contributed by atoms with Gasteiger partial charge in [-0.05, 0) is 32.9 Å². The van der Waals surface area contributed by atoms with Crippen LogP contribution in [0.5, 0.6) is 0 Å². The second-order valence-electron chi connectivity index (χ2n) is 4.67. The Morgan fingerprint density at radius 2 is 1.72 bits per heavy atom. The fourth-order valence-corrected chi connectivity index (χ4v) is 2.88. The fraction of sp³-hybridized carbons (Fsp3) is 0.364. The van der Waals surface area contributed by atoms with Crippen LogP contribution in [0, 0.1) is 0 Å². The fourth-order valence-electron chi connectivity index (χ4n) is 1.43. The van der Waals surface area contributed by atoms with E-state index >= 15 is 0 Å². The highest BCUT2D eigenvalue weighted by Crippen LogP contribution is 2.19. The molecule has 0 aliphatic rings. The second kappa shape index (κ2) is 4.85. The lowest BCUT2D eigenvalue weighted by atomic mass is 10.1. The van der Waals surface area contributed by atoms with Gasteiger partial charge in [0.2, 0.25) is 0 Å². The molecule has 0 spiro atoms. The number of carboxylic acid groups (broad SMARTS) is 1. The first-order chi connectivity index (χ1) is 8.14. The minimum Gasteiger partial charge on any atom is -0.529 e. The van der Waals surface area contributed by atoms with E-state index in [9.17, 15) is 18.3 Å². The molecular formula is C11H15N2O4S-. The molecule has 0 saturated carbocycles. The molecule has 0 aromatic heterocycles. The third-order valence-corrected chi connectivity index (χ3v) is 3.71. The maximum atomic E-state index is 12.0. The first kappa shape index (κ1) is 14.3. The quantitative estimate of drug-likeness (QED) is 0.880. The standard InChI is InChI=1S/C11H16N2O4S/c1-11(2,3)13(10(14)15)18(16,17)12-9-7-5-4-6-8-9/h4-8,12H,1-3H3,(H,14,15)/p-1. The van der Waals surface area contributed by atoms with Crippen molar-refractivity contribution in [2.45, 2.75) is 26.3 Å². The zero-order chi connectivity index (χ0) is 14.0. The Morgan fingerprint density at radius 3 is 2.11 bits per heavy atom. The average Bonchev–Trinajstić information content (AvgIpc) is 2.13. The molecule has 0 heterocycles. The van der Waals surface area contributed by atoms with Crippen molar-refractivity contribution < 1.29 is 18.3 Å². The molecule has 18 heavy (non-hydrogen) atoms. The van der Waals surface area contributed by atoms with Crippen molar-refractivity contribution in [3.8, 4) is 0 Å². The maximum Gasteiger partial charge on any atom is 0.325 e. The molecular weight excluding hydrogens is 256 g/mol. The van der Waals surface area contributed by atoms with Crippen molar-refractivity contribution >= 4 is 22.0 Å². The Balaban J connectivity index is 3.09. The summed E-state index contributed by atoms with van der Waals surface area (Å²) in [6, 6.07) is 8.04. The van der Waals surface area contributed by atoms with E-state index in [-0.39, 0.29) is 9.99 Å². The predicted molar refractivity (Wildman–Crippen MR) is 66.0 cm³/mol. The number of carbonyl (C=O) groups is 1. The Labute approximate surface area is 106 Å². The number of nitrogens with one attached hydrogen (secondary N) is 1. The second-order valence-corrected chi connectivity index (χ2v) is 6.19. The van der Waals surface area contributed by atoms with E-state index in [1.807, 2.05) is 0 Å².